The van der Waals surface area contributed by atoms with Crippen molar-refractivity contribution in [1.82, 2.24) is 4.98 Å². The highest BCUT2D eigenvalue weighted by Gasteiger charge is 2.10. The summed E-state index contributed by atoms with van der Waals surface area (Å²) >= 11 is 0. The number of rotatable bonds is 3. The van der Waals surface area contributed by atoms with Crippen LogP contribution in [0.15, 0.2) is 48.0 Å². The fourth-order valence-corrected chi connectivity index (χ4v) is 1.67. The van der Waals surface area contributed by atoms with Crippen LogP contribution in [0.1, 0.15) is 11.3 Å². The monoisotopic (exact) mass is 281 g/mol. The molecule has 2 rings (SSSR count). The van der Waals surface area contributed by atoms with E-state index >= 15 is 0 Å². The van der Waals surface area contributed by atoms with E-state index in [1.807, 2.05) is 6.07 Å². The van der Waals surface area contributed by atoms with Gasteiger partial charge in [-0.25, -0.2) is 9.37 Å². The highest BCUT2D eigenvalue weighted by Crippen LogP contribution is 2.11. The molecule has 0 saturated heterocycles. The molecule has 0 aliphatic carbocycles. The first-order chi connectivity index (χ1) is 10.1. The van der Waals surface area contributed by atoms with E-state index in [0.29, 0.717) is 11.4 Å². The van der Waals surface area contributed by atoms with Crippen LogP contribution in [-0.2, 0) is 4.79 Å². The number of nitrogens with one attached hydrogen (secondary N) is 1. The minimum atomic E-state index is -0.556. The van der Waals surface area contributed by atoms with Gasteiger partial charge in [0.2, 0.25) is 0 Å². The number of nitrogens with zero attached hydrogens (tertiary/aromatic N) is 2. The lowest BCUT2D eigenvalue weighted by Crippen LogP contribution is -2.14. The predicted molar refractivity (Wildman–Crippen MR) is 77.6 cm³/mol. The largest absolute Gasteiger partial charge is 0.306 e. The van der Waals surface area contributed by atoms with E-state index < -0.39 is 5.91 Å². The lowest BCUT2D eigenvalue weighted by atomic mass is 10.1. The Labute approximate surface area is 121 Å². The van der Waals surface area contributed by atoms with Crippen molar-refractivity contribution in [3.8, 4) is 6.07 Å². The summed E-state index contributed by atoms with van der Waals surface area (Å²) in [6.45, 7) is 1.80. The zero-order valence-corrected chi connectivity index (χ0v) is 11.3. The lowest BCUT2D eigenvalue weighted by Gasteiger charge is -2.04. The van der Waals surface area contributed by atoms with Crippen LogP contribution in [0.25, 0.3) is 6.08 Å². The normalized spacial score (nSPS) is 10.8. The second-order valence-electron chi connectivity index (χ2n) is 4.34. The second-order valence-corrected chi connectivity index (χ2v) is 4.34. The quantitative estimate of drug-likeness (QED) is 0.694. The molecule has 1 amide bonds. The molecule has 1 aromatic heterocycles. The van der Waals surface area contributed by atoms with Crippen LogP contribution < -0.4 is 5.32 Å². The summed E-state index contributed by atoms with van der Waals surface area (Å²) in [6.07, 6.45) is 1.39. The van der Waals surface area contributed by atoms with E-state index in [1.165, 1.54) is 30.3 Å². The first-order valence-electron chi connectivity index (χ1n) is 6.21. The van der Waals surface area contributed by atoms with E-state index in [-0.39, 0.29) is 11.4 Å². The summed E-state index contributed by atoms with van der Waals surface area (Å²) in [5.74, 6) is -0.556. The van der Waals surface area contributed by atoms with E-state index in [9.17, 15) is 9.18 Å². The van der Waals surface area contributed by atoms with Gasteiger partial charge in [0.1, 0.15) is 23.3 Å². The number of hydrogen-bond donors (Lipinski definition) is 1. The van der Waals surface area contributed by atoms with Crippen molar-refractivity contribution in [3.05, 3.63) is 65.1 Å². The maximum atomic E-state index is 12.8. The number of aromatic nitrogens is 1. The molecule has 0 spiro atoms. The Hall–Kier alpha value is -3.00. The average Bonchev–Trinajstić information content (AvgIpc) is 2.46. The van der Waals surface area contributed by atoms with Gasteiger partial charge in [-0.15, -0.1) is 0 Å². The summed E-state index contributed by atoms with van der Waals surface area (Å²) in [5, 5.41) is 11.6. The molecule has 1 N–H and O–H groups in total. The molecule has 2 aromatic rings. The van der Waals surface area contributed by atoms with E-state index in [1.54, 1.807) is 25.1 Å². The van der Waals surface area contributed by atoms with Gasteiger partial charge in [0, 0.05) is 5.69 Å². The van der Waals surface area contributed by atoms with Gasteiger partial charge in [0.15, 0.2) is 0 Å². The lowest BCUT2D eigenvalue weighted by molar-refractivity contribution is -0.112. The Morgan fingerprint density at radius 2 is 2.00 bits per heavy atom. The number of halogens is 1. The molecule has 1 heterocycles. The molecular weight excluding hydrogens is 269 g/mol. The van der Waals surface area contributed by atoms with Gasteiger partial charge in [-0.05, 0) is 42.8 Å². The standard InChI is InChI=1S/C16H12FN3O/c1-11-3-2-4-15(19-11)20-16(21)13(10-18)9-12-5-7-14(17)8-6-12/h2-9H,1H3,(H,19,20,21)/b13-9+. The van der Waals surface area contributed by atoms with Crippen LogP contribution in [-0.4, -0.2) is 10.9 Å². The summed E-state index contributed by atoms with van der Waals surface area (Å²) in [7, 11) is 0. The van der Waals surface area contributed by atoms with E-state index in [4.69, 9.17) is 5.26 Å². The van der Waals surface area contributed by atoms with Crippen LogP contribution >= 0.6 is 0 Å². The molecule has 5 heteroatoms. The molecular formula is C16H12FN3O. The number of hydrogen-bond acceptors (Lipinski definition) is 3. The first kappa shape index (κ1) is 14.4. The predicted octanol–water partition coefficient (Wildman–Crippen LogP) is 3.07. The Morgan fingerprint density at radius 3 is 2.62 bits per heavy atom. The molecule has 0 saturated carbocycles. The molecule has 0 fully saturated rings. The van der Waals surface area contributed by atoms with Crippen molar-refractivity contribution in [1.29, 1.82) is 5.26 Å². The topological polar surface area (TPSA) is 65.8 Å². The summed E-state index contributed by atoms with van der Waals surface area (Å²) < 4.78 is 12.8. The van der Waals surface area contributed by atoms with Gasteiger partial charge in [0.25, 0.3) is 5.91 Å². The van der Waals surface area contributed by atoms with Gasteiger partial charge in [-0.3, -0.25) is 4.79 Å². The number of benzene rings is 1. The molecule has 0 radical (unpaired) electrons. The minimum Gasteiger partial charge on any atom is -0.306 e. The minimum absolute atomic E-state index is 0.0788. The number of amides is 1. The molecule has 1 aromatic carbocycles. The SMILES string of the molecule is Cc1cccc(NC(=O)/C(C#N)=C/c2ccc(F)cc2)n1. The number of aryl methyl sites for hydroxylation is 1. The maximum absolute atomic E-state index is 12.8. The van der Waals surface area contributed by atoms with Gasteiger partial charge in [-0.1, -0.05) is 18.2 Å². The molecule has 0 aliphatic rings. The van der Waals surface area contributed by atoms with Gasteiger partial charge < -0.3 is 5.32 Å². The molecule has 21 heavy (non-hydrogen) atoms. The van der Waals surface area contributed by atoms with Gasteiger partial charge >= 0.3 is 0 Å². The third-order valence-electron chi connectivity index (χ3n) is 2.68. The number of anilines is 1. The van der Waals surface area contributed by atoms with Gasteiger partial charge in [-0.2, -0.15) is 5.26 Å². The number of pyridine rings is 1. The van der Waals surface area contributed by atoms with Crippen molar-refractivity contribution in [2.75, 3.05) is 5.32 Å². The average molecular weight is 281 g/mol. The van der Waals surface area contributed by atoms with Crippen molar-refractivity contribution >= 4 is 17.8 Å². The van der Waals surface area contributed by atoms with Crippen LogP contribution in [0, 0.1) is 24.1 Å². The van der Waals surface area contributed by atoms with Gasteiger partial charge in [0.05, 0.1) is 0 Å². The Morgan fingerprint density at radius 1 is 1.29 bits per heavy atom. The number of nitriles is 1. The molecule has 0 bridgehead atoms. The highest BCUT2D eigenvalue weighted by atomic mass is 19.1. The van der Waals surface area contributed by atoms with Crippen LogP contribution in [0.3, 0.4) is 0 Å². The van der Waals surface area contributed by atoms with Crippen LogP contribution in [0.5, 0.6) is 0 Å². The second kappa shape index (κ2) is 6.44. The highest BCUT2D eigenvalue weighted by molar-refractivity contribution is 6.09. The number of carbonyl (C=O) groups is 1. The third kappa shape index (κ3) is 3.98. The van der Waals surface area contributed by atoms with Crippen molar-refractivity contribution in [2.45, 2.75) is 6.92 Å². The fraction of sp³-hybridized carbons (Fsp3) is 0.0625. The maximum Gasteiger partial charge on any atom is 0.267 e. The number of carbonyl (C=O) groups excluding carboxylic acids is 1. The Balaban J connectivity index is 2.19. The fourth-order valence-electron chi connectivity index (χ4n) is 1.67. The van der Waals surface area contributed by atoms with Crippen molar-refractivity contribution < 1.29 is 9.18 Å². The molecule has 4 nitrogen and oxygen atoms in total. The van der Waals surface area contributed by atoms with Crippen molar-refractivity contribution in [2.24, 2.45) is 0 Å². The zero-order valence-electron chi connectivity index (χ0n) is 11.3. The summed E-state index contributed by atoms with van der Waals surface area (Å²) in [5.41, 5.74) is 1.25. The third-order valence-corrected chi connectivity index (χ3v) is 2.68. The van der Waals surface area contributed by atoms with Crippen LogP contribution in [0.2, 0.25) is 0 Å². The zero-order chi connectivity index (χ0) is 15.2. The van der Waals surface area contributed by atoms with E-state index in [2.05, 4.69) is 10.3 Å². The Bertz CT molecular complexity index is 730. The van der Waals surface area contributed by atoms with Crippen LogP contribution in [0.4, 0.5) is 10.2 Å². The molecule has 0 unspecified atom stereocenters. The smallest absolute Gasteiger partial charge is 0.267 e. The van der Waals surface area contributed by atoms with E-state index in [0.717, 1.165) is 5.69 Å². The Kier molecular flexibility index (Phi) is 4.42. The molecule has 0 aliphatic heterocycles. The summed E-state index contributed by atoms with van der Waals surface area (Å²) in [4.78, 5) is 16.1. The first-order valence-corrected chi connectivity index (χ1v) is 6.21. The summed E-state index contributed by atoms with van der Waals surface area (Å²) in [6, 6.07) is 12.5. The van der Waals surface area contributed by atoms with Crippen molar-refractivity contribution in [3.63, 3.8) is 0 Å². The molecule has 0 atom stereocenters. The molecule has 104 valence electrons.